The fraction of sp³-hybridized carbons (Fsp3) is 0.269. The second kappa shape index (κ2) is 9.46. The quantitative estimate of drug-likeness (QED) is 0.283. The number of fused-ring (bicyclic) bond motifs is 2. The highest BCUT2D eigenvalue weighted by atomic mass is 19.1. The summed E-state index contributed by atoms with van der Waals surface area (Å²) < 4.78 is 22.2. The van der Waals surface area contributed by atoms with Gasteiger partial charge in [0, 0.05) is 41.3 Å². The Morgan fingerprint density at radius 3 is 2.72 bits per heavy atom. The molecule has 36 heavy (non-hydrogen) atoms. The van der Waals surface area contributed by atoms with Crippen molar-refractivity contribution in [3.63, 3.8) is 0 Å². The summed E-state index contributed by atoms with van der Waals surface area (Å²) in [6.07, 6.45) is 1.90. The number of nitrogens with two attached hydrogens (primary N) is 1. The van der Waals surface area contributed by atoms with E-state index in [1.54, 1.807) is 12.1 Å². The van der Waals surface area contributed by atoms with E-state index in [9.17, 15) is 4.39 Å². The van der Waals surface area contributed by atoms with Crippen LogP contribution in [0.5, 0.6) is 5.75 Å². The van der Waals surface area contributed by atoms with Crippen molar-refractivity contribution in [1.82, 2.24) is 29.6 Å². The first-order valence-corrected chi connectivity index (χ1v) is 11.8. The average molecular weight is 489 g/mol. The van der Waals surface area contributed by atoms with Crippen LogP contribution < -0.4 is 15.8 Å². The lowest BCUT2D eigenvalue weighted by molar-refractivity contribution is 0.260. The Balaban J connectivity index is 1.49. The Hall–Kier alpha value is -4.18. The number of nitrogens with zero attached hydrogens (tertiary/aromatic N) is 5. The molecule has 9 nitrogen and oxygen atoms in total. The molecular weight excluding hydrogens is 459 g/mol. The van der Waals surface area contributed by atoms with Gasteiger partial charge < -0.3 is 25.7 Å². The Kier molecular flexibility index (Phi) is 6.19. The van der Waals surface area contributed by atoms with Gasteiger partial charge in [0.05, 0.1) is 11.1 Å². The molecule has 0 bridgehead atoms. The molecular formula is C26H29FN8O. The van der Waals surface area contributed by atoms with Crippen molar-refractivity contribution in [2.75, 3.05) is 38.3 Å². The van der Waals surface area contributed by atoms with Crippen LogP contribution in [0, 0.1) is 5.82 Å². The van der Waals surface area contributed by atoms with Gasteiger partial charge in [0.25, 0.3) is 0 Å². The highest BCUT2D eigenvalue weighted by Crippen LogP contribution is 2.34. The third kappa shape index (κ3) is 4.55. The molecule has 0 radical (unpaired) electrons. The number of hydrogen-bond donors (Lipinski definition) is 3. The largest absolute Gasteiger partial charge is 0.492 e. The molecule has 4 N–H and O–H groups in total. The normalized spacial score (nSPS) is 11.8. The summed E-state index contributed by atoms with van der Waals surface area (Å²) in [6, 6.07) is 12.7. The van der Waals surface area contributed by atoms with E-state index in [-0.39, 0.29) is 23.5 Å². The summed E-state index contributed by atoms with van der Waals surface area (Å²) in [7, 11) is 3.91. The topological polar surface area (TPSA) is 110 Å². The molecule has 10 heteroatoms. The second-order valence-corrected chi connectivity index (χ2v) is 9.22. The molecule has 0 aliphatic heterocycles. The molecule has 186 valence electrons. The molecule has 0 aliphatic carbocycles. The zero-order valence-corrected chi connectivity index (χ0v) is 20.7. The van der Waals surface area contributed by atoms with Gasteiger partial charge in [-0.3, -0.25) is 0 Å². The van der Waals surface area contributed by atoms with Crippen LogP contribution in [0.25, 0.3) is 33.2 Å². The average Bonchev–Trinajstić information content (AvgIpc) is 3.45. The van der Waals surface area contributed by atoms with Crippen molar-refractivity contribution >= 4 is 39.4 Å². The lowest BCUT2D eigenvalue weighted by atomic mass is 10.1. The van der Waals surface area contributed by atoms with E-state index in [0.29, 0.717) is 29.1 Å². The maximum Gasteiger partial charge on any atom is 0.231 e. The molecule has 0 unspecified atom stereocenters. The monoisotopic (exact) mass is 488 g/mol. The molecule has 0 amide bonds. The fourth-order valence-electron chi connectivity index (χ4n) is 4.04. The Morgan fingerprint density at radius 1 is 1.14 bits per heavy atom. The molecule has 2 aromatic carbocycles. The van der Waals surface area contributed by atoms with Gasteiger partial charge in [-0.15, -0.1) is 0 Å². The number of halogens is 1. The second-order valence-electron chi connectivity index (χ2n) is 9.22. The molecule has 0 spiro atoms. The van der Waals surface area contributed by atoms with Crippen molar-refractivity contribution in [2.45, 2.75) is 19.9 Å². The summed E-state index contributed by atoms with van der Waals surface area (Å²) in [5.41, 5.74) is 9.89. The van der Waals surface area contributed by atoms with Crippen LogP contribution in [-0.2, 0) is 0 Å². The smallest absolute Gasteiger partial charge is 0.231 e. The number of nitrogens with one attached hydrogen (secondary N) is 2. The molecule has 5 aromatic rings. The summed E-state index contributed by atoms with van der Waals surface area (Å²) >= 11 is 0. The lowest BCUT2D eigenvalue weighted by Gasteiger charge is -2.13. The maximum absolute atomic E-state index is 14.8. The number of hydrogen-bond acceptors (Lipinski definition) is 7. The van der Waals surface area contributed by atoms with Crippen LogP contribution in [0.4, 0.5) is 21.8 Å². The summed E-state index contributed by atoms with van der Waals surface area (Å²) in [5, 5.41) is 9.52. The first kappa shape index (κ1) is 23.6. The van der Waals surface area contributed by atoms with Gasteiger partial charge in [0.2, 0.25) is 5.95 Å². The van der Waals surface area contributed by atoms with Gasteiger partial charge in [0.15, 0.2) is 5.65 Å². The number of aromatic amines is 1. The third-order valence-electron chi connectivity index (χ3n) is 5.89. The van der Waals surface area contributed by atoms with E-state index in [0.717, 1.165) is 23.0 Å². The minimum atomic E-state index is -0.475. The number of ether oxygens (including phenoxy) is 1. The minimum absolute atomic E-state index is 0.0229. The Labute approximate surface area is 208 Å². The summed E-state index contributed by atoms with van der Waals surface area (Å²) in [5.74, 6) is 0.437. The van der Waals surface area contributed by atoms with E-state index in [4.69, 9.17) is 15.6 Å². The Bertz CT molecular complexity index is 1540. The minimum Gasteiger partial charge on any atom is -0.492 e. The van der Waals surface area contributed by atoms with Crippen molar-refractivity contribution in [3.05, 3.63) is 54.5 Å². The van der Waals surface area contributed by atoms with Gasteiger partial charge in [-0.05, 0) is 58.3 Å². The van der Waals surface area contributed by atoms with Crippen LogP contribution in [0.3, 0.4) is 0 Å². The van der Waals surface area contributed by atoms with Gasteiger partial charge in [0.1, 0.15) is 29.7 Å². The fourth-order valence-corrected chi connectivity index (χ4v) is 4.04. The van der Waals surface area contributed by atoms with Crippen LogP contribution in [0.15, 0.2) is 48.7 Å². The Morgan fingerprint density at radius 2 is 1.97 bits per heavy atom. The van der Waals surface area contributed by atoms with Crippen LogP contribution in [0.2, 0.25) is 0 Å². The standard InChI is InChI=1S/C26H29FN8O/c1-15(2)35-25-22(23(33-35)17-5-7-20-16(13-17)9-10-29-20)24(28)31-26(32-25)30-21-8-6-18(14-19(21)27)36-12-11-34(3)4/h5-10,13-15,29H,11-12H2,1-4H3,(H3,28,30,31,32). The third-order valence-corrected chi connectivity index (χ3v) is 5.89. The lowest BCUT2D eigenvalue weighted by Crippen LogP contribution is -2.19. The SMILES string of the molecule is CC(C)n1nc(-c2ccc3[nH]ccc3c2)c2c(N)nc(Nc3ccc(OCCN(C)C)cc3F)nc21. The predicted molar refractivity (Wildman–Crippen MR) is 141 cm³/mol. The van der Waals surface area contributed by atoms with Crippen LogP contribution in [0.1, 0.15) is 19.9 Å². The van der Waals surface area contributed by atoms with E-state index in [1.807, 2.05) is 61.9 Å². The number of rotatable bonds is 8. The van der Waals surface area contributed by atoms with E-state index in [1.165, 1.54) is 6.07 Å². The predicted octanol–water partition coefficient (Wildman–Crippen LogP) is 4.96. The maximum atomic E-state index is 14.8. The zero-order valence-electron chi connectivity index (χ0n) is 20.7. The highest BCUT2D eigenvalue weighted by Gasteiger charge is 2.21. The van der Waals surface area contributed by atoms with E-state index >= 15 is 0 Å². The van der Waals surface area contributed by atoms with Gasteiger partial charge in [-0.2, -0.15) is 15.1 Å². The van der Waals surface area contributed by atoms with Crippen molar-refractivity contribution in [1.29, 1.82) is 0 Å². The number of anilines is 3. The van der Waals surface area contributed by atoms with Gasteiger partial charge >= 0.3 is 0 Å². The van der Waals surface area contributed by atoms with Crippen molar-refractivity contribution in [3.8, 4) is 17.0 Å². The number of likely N-dealkylation sites (N-methyl/N-ethyl adjacent to an activating group) is 1. The first-order chi connectivity index (χ1) is 17.3. The summed E-state index contributed by atoms with van der Waals surface area (Å²) in [6.45, 7) is 5.24. The number of benzene rings is 2. The van der Waals surface area contributed by atoms with Crippen LogP contribution >= 0.6 is 0 Å². The molecule has 5 rings (SSSR count). The highest BCUT2D eigenvalue weighted by molar-refractivity contribution is 6.00. The molecule has 0 atom stereocenters. The van der Waals surface area contributed by atoms with Crippen LogP contribution in [-0.4, -0.2) is 56.9 Å². The molecule has 0 saturated heterocycles. The first-order valence-electron chi connectivity index (χ1n) is 11.8. The van der Waals surface area contributed by atoms with E-state index in [2.05, 4.69) is 26.3 Å². The van der Waals surface area contributed by atoms with E-state index < -0.39 is 5.82 Å². The van der Waals surface area contributed by atoms with Crippen molar-refractivity contribution in [2.24, 2.45) is 0 Å². The molecule has 3 heterocycles. The number of H-pyrrole nitrogens is 1. The number of nitrogen functional groups attached to an aromatic ring is 1. The number of aromatic nitrogens is 5. The molecule has 3 aromatic heterocycles. The molecule has 0 aliphatic rings. The van der Waals surface area contributed by atoms with Gasteiger partial charge in [-0.25, -0.2) is 9.07 Å². The van der Waals surface area contributed by atoms with Gasteiger partial charge in [-0.1, -0.05) is 6.07 Å². The summed E-state index contributed by atoms with van der Waals surface area (Å²) in [4.78, 5) is 14.3. The zero-order chi connectivity index (χ0) is 25.4. The molecule has 0 saturated carbocycles. The molecule has 0 fully saturated rings. The van der Waals surface area contributed by atoms with Crippen molar-refractivity contribution < 1.29 is 9.13 Å².